The Labute approximate surface area is 162 Å². The van der Waals surface area contributed by atoms with Gasteiger partial charge in [0.25, 0.3) is 11.8 Å². The molecule has 28 heavy (non-hydrogen) atoms. The lowest BCUT2D eigenvalue weighted by Gasteiger charge is -2.26. The summed E-state index contributed by atoms with van der Waals surface area (Å²) < 4.78 is 4.95. The van der Waals surface area contributed by atoms with Gasteiger partial charge in [-0.1, -0.05) is 36.4 Å². The number of carbonyl (C=O) groups excluding carboxylic acids is 4. The van der Waals surface area contributed by atoms with Gasteiger partial charge in [0.1, 0.15) is 0 Å². The number of aryl methyl sites for hydroxylation is 1. The fraction of sp³-hybridized carbons (Fsp3) is 0.238. The van der Waals surface area contributed by atoms with Crippen LogP contribution in [0.1, 0.15) is 27.9 Å². The lowest BCUT2D eigenvalue weighted by Crippen LogP contribution is -2.43. The average Bonchev–Trinajstić information content (AvgIpc) is 2.68. The van der Waals surface area contributed by atoms with Gasteiger partial charge in [-0.2, -0.15) is 0 Å². The smallest absolute Gasteiger partial charge is 0.308 e. The highest BCUT2D eigenvalue weighted by Crippen LogP contribution is 2.19. The van der Waals surface area contributed by atoms with Crippen LogP contribution >= 0.6 is 0 Å². The number of ether oxygens (including phenoxy) is 1. The standard InChI is InChI=1S/C21H20N2O5/c1-14-6-2-5-9-17(14)22-18(24)13-28-20(26)10-11-23-19(25)12-15-7-3-4-8-16(15)21(23)27/h2-9H,10-13H2,1H3,(H,22,24). The van der Waals surface area contributed by atoms with Gasteiger partial charge >= 0.3 is 5.97 Å². The van der Waals surface area contributed by atoms with Crippen molar-refractivity contribution in [1.29, 1.82) is 0 Å². The summed E-state index contributed by atoms with van der Waals surface area (Å²) in [6.07, 6.45) is -0.0485. The normalized spacial score (nSPS) is 13.1. The minimum absolute atomic E-state index is 0.0791. The van der Waals surface area contributed by atoms with E-state index in [1.54, 1.807) is 36.4 Å². The van der Waals surface area contributed by atoms with E-state index in [1.807, 2.05) is 19.1 Å². The molecule has 7 heteroatoms. The summed E-state index contributed by atoms with van der Waals surface area (Å²) in [6.45, 7) is 1.34. The van der Waals surface area contributed by atoms with Crippen LogP contribution in [-0.2, 0) is 25.5 Å². The molecular weight excluding hydrogens is 360 g/mol. The number of nitrogens with zero attached hydrogens (tertiary/aromatic N) is 1. The largest absolute Gasteiger partial charge is 0.456 e. The Bertz CT molecular complexity index is 938. The van der Waals surface area contributed by atoms with Gasteiger partial charge in [-0.3, -0.25) is 24.1 Å². The fourth-order valence-electron chi connectivity index (χ4n) is 2.95. The van der Waals surface area contributed by atoms with Crippen molar-refractivity contribution in [2.24, 2.45) is 0 Å². The predicted octanol–water partition coefficient (Wildman–Crippen LogP) is 2.09. The van der Waals surface area contributed by atoms with E-state index in [-0.39, 0.29) is 25.3 Å². The van der Waals surface area contributed by atoms with Crippen LogP contribution < -0.4 is 5.32 Å². The van der Waals surface area contributed by atoms with Crippen molar-refractivity contribution in [1.82, 2.24) is 4.90 Å². The first-order valence-electron chi connectivity index (χ1n) is 8.89. The molecule has 0 aliphatic carbocycles. The highest BCUT2D eigenvalue weighted by molar-refractivity contribution is 6.09. The SMILES string of the molecule is Cc1ccccc1NC(=O)COC(=O)CCN1C(=O)Cc2ccccc2C1=O. The van der Waals surface area contributed by atoms with Gasteiger partial charge < -0.3 is 10.1 Å². The van der Waals surface area contributed by atoms with E-state index in [0.717, 1.165) is 10.5 Å². The van der Waals surface area contributed by atoms with Gasteiger partial charge in [-0.15, -0.1) is 0 Å². The van der Waals surface area contributed by atoms with Crippen molar-refractivity contribution in [2.45, 2.75) is 19.8 Å². The second-order valence-corrected chi connectivity index (χ2v) is 6.46. The van der Waals surface area contributed by atoms with E-state index in [2.05, 4.69) is 5.32 Å². The fourth-order valence-corrected chi connectivity index (χ4v) is 2.95. The first-order valence-corrected chi connectivity index (χ1v) is 8.89. The van der Waals surface area contributed by atoms with Gasteiger partial charge in [0.2, 0.25) is 5.91 Å². The molecule has 3 rings (SSSR count). The second-order valence-electron chi connectivity index (χ2n) is 6.46. The molecule has 0 unspecified atom stereocenters. The van der Waals surface area contributed by atoms with Crippen LogP contribution in [0.25, 0.3) is 0 Å². The molecule has 0 aromatic heterocycles. The Kier molecular flexibility index (Phi) is 5.84. The van der Waals surface area contributed by atoms with Gasteiger partial charge in [-0.05, 0) is 30.2 Å². The van der Waals surface area contributed by atoms with E-state index in [9.17, 15) is 19.2 Å². The molecule has 0 bridgehead atoms. The summed E-state index contributed by atoms with van der Waals surface area (Å²) in [5.74, 6) is -1.88. The average molecular weight is 380 g/mol. The van der Waals surface area contributed by atoms with Crippen LogP contribution in [0.5, 0.6) is 0 Å². The Morgan fingerprint density at radius 1 is 1.07 bits per heavy atom. The maximum absolute atomic E-state index is 12.4. The minimum Gasteiger partial charge on any atom is -0.456 e. The molecule has 2 aromatic rings. The summed E-state index contributed by atoms with van der Waals surface area (Å²) in [5, 5.41) is 2.66. The van der Waals surface area contributed by atoms with Crippen molar-refractivity contribution in [3.05, 3.63) is 65.2 Å². The number of benzene rings is 2. The van der Waals surface area contributed by atoms with Crippen LogP contribution in [0.3, 0.4) is 0 Å². The molecule has 0 spiro atoms. The molecule has 0 atom stereocenters. The third kappa shape index (κ3) is 4.43. The second kappa shape index (κ2) is 8.47. The third-order valence-corrected chi connectivity index (χ3v) is 4.46. The molecule has 144 valence electrons. The first kappa shape index (κ1) is 19.3. The number of nitrogens with one attached hydrogen (secondary N) is 1. The number of rotatable bonds is 6. The molecule has 1 aliphatic heterocycles. The van der Waals surface area contributed by atoms with Gasteiger partial charge in [0.05, 0.1) is 12.8 Å². The van der Waals surface area contributed by atoms with Crippen molar-refractivity contribution >= 4 is 29.4 Å². The van der Waals surface area contributed by atoms with Crippen LogP contribution in [0, 0.1) is 6.92 Å². The zero-order valence-corrected chi connectivity index (χ0v) is 15.4. The number of anilines is 1. The first-order chi connectivity index (χ1) is 13.5. The summed E-state index contributed by atoms with van der Waals surface area (Å²) in [6, 6.07) is 14.1. The number of hydrogen-bond donors (Lipinski definition) is 1. The van der Waals surface area contributed by atoms with E-state index in [1.165, 1.54) is 0 Å². The molecule has 1 aliphatic rings. The Hall–Kier alpha value is -3.48. The van der Waals surface area contributed by atoms with Crippen LogP contribution in [0.4, 0.5) is 5.69 Å². The molecule has 1 N–H and O–H groups in total. The van der Waals surface area contributed by atoms with Crippen LogP contribution in [0.2, 0.25) is 0 Å². The zero-order chi connectivity index (χ0) is 20.1. The van der Waals surface area contributed by atoms with Crippen molar-refractivity contribution < 1.29 is 23.9 Å². The molecule has 0 saturated heterocycles. The number of fused-ring (bicyclic) bond motifs is 1. The maximum atomic E-state index is 12.4. The number of amides is 3. The van der Waals surface area contributed by atoms with E-state index in [0.29, 0.717) is 16.8 Å². The Balaban J connectivity index is 1.48. The zero-order valence-electron chi connectivity index (χ0n) is 15.4. The lowest BCUT2D eigenvalue weighted by molar-refractivity contribution is -0.147. The maximum Gasteiger partial charge on any atom is 0.308 e. The highest BCUT2D eigenvalue weighted by Gasteiger charge is 2.30. The van der Waals surface area contributed by atoms with Crippen molar-refractivity contribution in [3.63, 3.8) is 0 Å². The highest BCUT2D eigenvalue weighted by atomic mass is 16.5. The lowest BCUT2D eigenvalue weighted by atomic mass is 9.98. The quantitative estimate of drug-likeness (QED) is 0.612. The van der Waals surface area contributed by atoms with Gasteiger partial charge in [-0.25, -0.2) is 0 Å². The number of imide groups is 1. The number of carbonyl (C=O) groups is 4. The molecular formula is C21H20N2O5. The predicted molar refractivity (Wildman–Crippen MR) is 102 cm³/mol. The summed E-state index contributed by atoms with van der Waals surface area (Å²) >= 11 is 0. The van der Waals surface area contributed by atoms with Gasteiger partial charge in [0.15, 0.2) is 6.61 Å². The molecule has 0 radical (unpaired) electrons. The van der Waals surface area contributed by atoms with Crippen molar-refractivity contribution in [2.75, 3.05) is 18.5 Å². The third-order valence-electron chi connectivity index (χ3n) is 4.46. The number of hydrogen-bond acceptors (Lipinski definition) is 5. The van der Waals surface area contributed by atoms with Crippen LogP contribution in [-0.4, -0.2) is 41.7 Å². The molecule has 0 fully saturated rings. The minimum atomic E-state index is -0.653. The Morgan fingerprint density at radius 3 is 2.57 bits per heavy atom. The van der Waals surface area contributed by atoms with E-state index >= 15 is 0 Å². The Morgan fingerprint density at radius 2 is 1.79 bits per heavy atom. The molecule has 0 saturated carbocycles. The molecule has 1 heterocycles. The number of esters is 1. The van der Waals surface area contributed by atoms with Crippen molar-refractivity contribution in [3.8, 4) is 0 Å². The summed E-state index contributed by atoms with van der Waals surface area (Å²) in [7, 11) is 0. The van der Waals surface area contributed by atoms with E-state index < -0.39 is 24.4 Å². The number of para-hydroxylation sites is 1. The van der Waals surface area contributed by atoms with Gasteiger partial charge in [0, 0.05) is 17.8 Å². The topological polar surface area (TPSA) is 92.8 Å². The van der Waals surface area contributed by atoms with E-state index in [4.69, 9.17) is 4.74 Å². The van der Waals surface area contributed by atoms with Crippen LogP contribution in [0.15, 0.2) is 48.5 Å². The molecule has 3 amide bonds. The summed E-state index contributed by atoms with van der Waals surface area (Å²) in [5.41, 5.74) is 2.69. The monoisotopic (exact) mass is 380 g/mol. The summed E-state index contributed by atoms with van der Waals surface area (Å²) in [4.78, 5) is 49.5. The molecule has 2 aromatic carbocycles. The molecule has 7 nitrogen and oxygen atoms in total.